The Kier molecular flexibility index (Phi) is 3.98. The van der Waals surface area contributed by atoms with Crippen LogP contribution < -0.4 is 11.3 Å². The smallest absolute Gasteiger partial charge is 0.169 e. The molecule has 0 aliphatic heterocycles. The zero-order valence-electron chi connectivity index (χ0n) is 9.56. The molecule has 0 aliphatic carbocycles. The van der Waals surface area contributed by atoms with E-state index in [1.54, 1.807) is 6.20 Å². The Bertz CT molecular complexity index is 479. The van der Waals surface area contributed by atoms with Crippen LogP contribution in [0.2, 0.25) is 0 Å². The molecule has 0 bridgehead atoms. The molecule has 0 saturated heterocycles. The Labute approximate surface area is 108 Å². The Morgan fingerprint density at radius 2 is 2.41 bits per heavy atom. The summed E-state index contributed by atoms with van der Waals surface area (Å²) in [7, 11) is 0. The zero-order chi connectivity index (χ0) is 12.3. The van der Waals surface area contributed by atoms with Crippen LogP contribution in [0.15, 0.2) is 33.6 Å². The van der Waals surface area contributed by atoms with E-state index in [9.17, 15) is 0 Å². The van der Waals surface area contributed by atoms with Crippen molar-refractivity contribution in [2.24, 2.45) is 5.84 Å². The summed E-state index contributed by atoms with van der Waals surface area (Å²) in [6.07, 6.45) is 4.45. The fraction of sp³-hybridized carbons (Fsp3) is 0.364. The molecule has 2 heterocycles. The maximum atomic E-state index is 5.56. The first-order valence-corrected chi connectivity index (χ1v) is 6.25. The molecular weight excluding hydrogens is 284 g/mol. The molecule has 6 heteroatoms. The predicted octanol–water partition coefficient (Wildman–Crippen LogP) is 2.01. The summed E-state index contributed by atoms with van der Waals surface area (Å²) in [5.74, 6) is 7.35. The summed E-state index contributed by atoms with van der Waals surface area (Å²) >= 11 is 3.28. The van der Waals surface area contributed by atoms with Gasteiger partial charge in [0.05, 0.1) is 6.04 Å². The van der Waals surface area contributed by atoms with E-state index in [2.05, 4.69) is 37.8 Å². The quantitative estimate of drug-likeness (QED) is 0.654. The lowest BCUT2D eigenvalue weighted by Crippen LogP contribution is -2.30. The Morgan fingerprint density at radius 1 is 1.59 bits per heavy atom. The molecule has 2 aromatic heterocycles. The van der Waals surface area contributed by atoms with Crippen LogP contribution in [0.1, 0.15) is 24.6 Å². The number of hydrazine groups is 1. The van der Waals surface area contributed by atoms with Crippen molar-refractivity contribution < 1.29 is 4.42 Å². The van der Waals surface area contributed by atoms with Crippen LogP contribution in [0.25, 0.3) is 0 Å². The van der Waals surface area contributed by atoms with E-state index >= 15 is 0 Å². The molecular formula is C11H15BrN4O. The summed E-state index contributed by atoms with van der Waals surface area (Å²) in [5, 5.41) is 0. The number of hydrogen-bond donors (Lipinski definition) is 2. The number of nitrogens with two attached hydrogens (primary N) is 1. The van der Waals surface area contributed by atoms with Gasteiger partial charge in [0.2, 0.25) is 0 Å². The van der Waals surface area contributed by atoms with E-state index in [1.165, 1.54) is 0 Å². The molecule has 2 aromatic rings. The summed E-state index contributed by atoms with van der Waals surface area (Å²) in [5.41, 5.74) is 2.75. The highest BCUT2D eigenvalue weighted by molar-refractivity contribution is 9.10. The normalized spacial score (nSPS) is 12.9. The van der Waals surface area contributed by atoms with Gasteiger partial charge < -0.3 is 8.98 Å². The highest BCUT2D eigenvalue weighted by Crippen LogP contribution is 2.22. The van der Waals surface area contributed by atoms with Crippen molar-refractivity contribution in [1.82, 2.24) is 15.0 Å². The van der Waals surface area contributed by atoms with E-state index in [0.29, 0.717) is 11.1 Å². The second-order valence-electron chi connectivity index (χ2n) is 3.69. The molecule has 0 radical (unpaired) electrons. The van der Waals surface area contributed by atoms with Crippen molar-refractivity contribution in [2.75, 3.05) is 0 Å². The first kappa shape index (κ1) is 12.3. The second-order valence-corrected chi connectivity index (χ2v) is 4.48. The molecule has 92 valence electrons. The summed E-state index contributed by atoms with van der Waals surface area (Å²) in [6, 6.07) is 3.67. The van der Waals surface area contributed by atoms with Gasteiger partial charge in [0.25, 0.3) is 0 Å². The third-order valence-electron chi connectivity index (χ3n) is 2.67. The fourth-order valence-corrected chi connectivity index (χ4v) is 2.08. The molecule has 0 saturated carbocycles. The van der Waals surface area contributed by atoms with Gasteiger partial charge in [-0.2, -0.15) is 0 Å². The molecule has 0 spiro atoms. The van der Waals surface area contributed by atoms with Crippen LogP contribution in [-0.4, -0.2) is 9.55 Å². The van der Waals surface area contributed by atoms with Gasteiger partial charge in [0.1, 0.15) is 11.6 Å². The number of imidazole rings is 1. The van der Waals surface area contributed by atoms with E-state index in [4.69, 9.17) is 10.3 Å². The lowest BCUT2D eigenvalue weighted by Gasteiger charge is -2.13. The minimum atomic E-state index is -0.0750. The summed E-state index contributed by atoms with van der Waals surface area (Å²) < 4.78 is 8.28. The number of nitrogens with one attached hydrogen (secondary N) is 1. The van der Waals surface area contributed by atoms with Crippen LogP contribution in [0.4, 0.5) is 0 Å². The van der Waals surface area contributed by atoms with Crippen molar-refractivity contribution in [1.29, 1.82) is 0 Å². The SMILES string of the molecule is CCn1ccnc1CC(NN)c1ccc(Br)o1. The third-order valence-corrected chi connectivity index (χ3v) is 3.09. The number of aryl methyl sites for hydroxylation is 1. The van der Waals surface area contributed by atoms with Crippen LogP contribution in [-0.2, 0) is 13.0 Å². The number of nitrogens with zero attached hydrogens (tertiary/aromatic N) is 2. The van der Waals surface area contributed by atoms with Crippen molar-refractivity contribution in [3.63, 3.8) is 0 Å². The number of halogens is 1. The van der Waals surface area contributed by atoms with Crippen molar-refractivity contribution >= 4 is 15.9 Å². The maximum absolute atomic E-state index is 5.56. The lowest BCUT2D eigenvalue weighted by molar-refractivity contribution is 0.397. The lowest BCUT2D eigenvalue weighted by atomic mass is 10.1. The van der Waals surface area contributed by atoms with Gasteiger partial charge in [-0.05, 0) is 35.0 Å². The molecule has 0 aliphatic rings. The molecule has 0 amide bonds. The minimum absolute atomic E-state index is 0.0750. The van der Waals surface area contributed by atoms with Crippen LogP contribution in [0.5, 0.6) is 0 Å². The standard InChI is InChI=1S/C11H15BrN4O/c1-2-16-6-5-14-11(16)7-8(15-13)9-3-4-10(12)17-9/h3-6,8,15H,2,7,13H2,1H3. The van der Waals surface area contributed by atoms with Crippen molar-refractivity contribution in [2.45, 2.75) is 25.9 Å². The van der Waals surface area contributed by atoms with Crippen LogP contribution in [0, 0.1) is 0 Å². The second kappa shape index (κ2) is 5.48. The van der Waals surface area contributed by atoms with Crippen molar-refractivity contribution in [3.05, 3.63) is 40.8 Å². The van der Waals surface area contributed by atoms with E-state index in [0.717, 1.165) is 18.1 Å². The molecule has 1 atom stereocenters. The Balaban J connectivity index is 2.15. The Morgan fingerprint density at radius 3 is 3.00 bits per heavy atom. The first-order chi connectivity index (χ1) is 8.24. The number of hydrogen-bond acceptors (Lipinski definition) is 4. The molecule has 0 fully saturated rings. The number of furan rings is 1. The molecule has 5 nitrogen and oxygen atoms in total. The molecule has 3 N–H and O–H groups in total. The highest BCUT2D eigenvalue weighted by Gasteiger charge is 2.16. The van der Waals surface area contributed by atoms with Gasteiger partial charge in [-0.15, -0.1) is 0 Å². The number of aromatic nitrogens is 2. The maximum Gasteiger partial charge on any atom is 0.169 e. The number of rotatable bonds is 5. The van der Waals surface area contributed by atoms with Gasteiger partial charge in [-0.25, -0.2) is 10.4 Å². The van der Waals surface area contributed by atoms with E-state index < -0.39 is 0 Å². The van der Waals surface area contributed by atoms with Crippen molar-refractivity contribution in [3.8, 4) is 0 Å². The fourth-order valence-electron chi connectivity index (χ4n) is 1.76. The monoisotopic (exact) mass is 298 g/mol. The van der Waals surface area contributed by atoms with Gasteiger partial charge >= 0.3 is 0 Å². The largest absolute Gasteiger partial charge is 0.453 e. The Hall–Kier alpha value is -1.11. The van der Waals surface area contributed by atoms with Crippen LogP contribution in [0.3, 0.4) is 0 Å². The first-order valence-electron chi connectivity index (χ1n) is 5.46. The van der Waals surface area contributed by atoms with Gasteiger partial charge in [0.15, 0.2) is 4.67 Å². The summed E-state index contributed by atoms with van der Waals surface area (Å²) in [6.45, 7) is 2.98. The molecule has 2 rings (SSSR count). The highest BCUT2D eigenvalue weighted by atomic mass is 79.9. The molecule has 0 aromatic carbocycles. The van der Waals surface area contributed by atoms with Crippen LogP contribution >= 0.6 is 15.9 Å². The van der Waals surface area contributed by atoms with E-state index in [1.807, 2.05) is 18.3 Å². The predicted molar refractivity (Wildman–Crippen MR) is 68.1 cm³/mol. The molecule has 1 unspecified atom stereocenters. The minimum Gasteiger partial charge on any atom is -0.453 e. The average molecular weight is 299 g/mol. The third kappa shape index (κ3) is 2.77. The topological polar surface area (TPSA) is 69.0 Å². The zero-order valence-corrected chi connectivity index (χ0v) is 11.1. The molecule has 17 heavy (non-hydrogen) atoms. The van der Waals surface area contributed by atoms with Gasteiger partial charge in [0, 0.05) is 25.4 Å². The van der Waals surface area contributed by atoms with Gasteiger partial charge in [-0.3, -0.25) is 5.84 Å². The average Bonchev–Trinajstić information content (AvgIpc) is 2.94. The van der Waals surface area contributed by atoms with Gasteiger partial charge in [-0.1, -0.05) is 0 Å². The van der Waals surface area contributed by atoms with E-state index in [-0.39, 0.29) is 6.04 Å². The summed E-state index contributed by atoms with van der Waals surface area (Å²) in [4.78, 5) is 4.32.